The maximum Gasteiger partial charge on any atom is 0.238 e. The van der Waals surface area contributed by atoms with Crippen LogP contribution in [0.1, 0.15) is 4.88 Å². The first-order valence-corrected chi connectivity index (χ1v) is 7.70. The summed E-state index contributed by atoms with van der Waals surface area (Å²) in [6.07, 6.45) is 0. The lowest BCUT2D eigenvalue weighted by atomic mass is 10.1. The molecule has 0 aromatic carbocycles. The lowest BCUT2D eigenvalue weighted by molar-refractivity contribution is -0.126. The largest absolute Gasteiger partial charge is 0.358 e. The molecule has 0 aliphatic carbocycles. The Hall–Kier alpha value is -0.140. The molecule has 0 saturated carbocycles. The maximum absolute atomic E-state index is 11.8. The molecule has 1 aliphatic heterocycles. The van der Waals surface area contributed by atoms with Crippen molar-refractivity contribution < 1.29 is 4.79 Å². The minimum Gasteiger partial charge on any atom is -0.358 e. The van der Waals surface area contributed by atoms with Gasteiger partial charge in [-0.1, -0.05) is 11.6 Å². The van der Waals surface area contributed by atoms with Crippen LogP contribution in [0.25, 0.3) is 0 Å². The van der Waals surface area contributed by atoms with Gasteiger partial charge >= 0.3 is 0 Å². The van der Waals surface area contributed by atoms with Crippen molar-refractivity contribution >= 4 is 44.8 Å². The fourth-order valence-corrected chi connectivity index (χ4v) is 3.85. The van der Waals surface area contributed by atoms with Crippen LogP contribution in [0.3, 0.4) is 0 Å². The van der Waals surface area contributed by atoms with Crippen LogP contribution in [0, 0.1) is 0 Å². The summed E-state index contributed by atoms with van der Waals surface area (Å²) in [6, 6.07) is 1.92. The van der Waals surface area contributed by atoms with E-state index in [1.54, 1.807) is 18.4 Å². The lowest BCUT2D eigenvalue weighted by Gasteiger charge is -2.34. The Bertz CT molecular complexity index is 420. The first-order valence-electron chi connectivity index (χ1n) is 5.72. The van der Waals surface area contributed by atoms with Crippen molar-refractivity contribution in [1.29, 1.82) is 0 Å². The topological polar surface area (TPSA) is 44.4 Å². The van der Waals surface area contributed by atoms with Crippen LogP contribution in [-0.2, 0) is 11.3 Å². The number of piperazine rings is 1. The van der Waals surface area contributed by atoms with E-state index in [1.165, 1.54) is 4.88 Å². The van der Waals surface area contributed by atoms with E-state index in [2.05, 4.69) is 31.5 Å². The molecule has 1 saturated heterocycles. The van der Waals surface area contributed by atoms with Crippen LogP contribution in [0.4, 0.5) is 0 Å². The van der Waals surface area contributed by atoms with E-state index in [9.17, 15) is 4.79 Å². The summed E-state index contributed by atoms with van der Waals surface area (Å²) in [5, 5.41) is 5.96. The number of carbonyl (C=O) groups is 1. The second-order valence-electron chi connectivity index (χ2n) is 4.14. The van der Waals surface area contributed by atoms with Crippen LogP contribution < -0.4 is 10.6 Å². The van der Waals surface area contributed by atoms with Crippen molar-refractivity contribution in [2.24, 2.45) is 0 Å². The third-order valence-electron chi connectivity index (χ3n) is 2.96. The monoisotopic (exact) mass is 351 g/mol. The zero-order valence-corrected chi connectivity index (χ0v) is 13.2. The summed E-state index contributed by atoms with van der Waals surface area (Å²) < 4.78 is 1.69. The molecular weight excluding hydrogens is 338 g/mol. The van der Waals surface area contributed by atoms with Crippen molar-refractivity contribution in [3.05, 3.63) is 19.8 Å². The van der Waals surface area contributed by atoms with Gasteiger partial charge in [-0.2, -0.15) is 0 Å². The van der Waals surface area contributed by atoms with E-state index in [0.717, 1.165) is 28.4 Å². The molecule has 1 atom stereocenters. The number of halogens is 2. The standard InChI is InChI=1S/C11H15BrClN3OS/c1-14-11(17)9-5-15-2-3-16(9)6-7-4-8(12)10(13)18-7/h4,9,15H,2-3,5-6H2,1H3,(H,14,17). The van der Waals surface area contributed by atoms with Gasteiger partial charge in [-0.25, -0.2) is 0 Å². The minimum atomic E-state index is -0.108. The summed E-state index contributed by atoms with van der Waals surface area (Å²) in [7, 11) is 1.67. The lowest BCUT2D eigenvalue weighted by Crippen LogP contribution is -2.56. The Labute approximate surface area is 124 Å². The maximum atomic E-state index is 11.8. The first kappa shape index (κ1) is 14.3. The van der Waals surface area contributed by atoms with E-state index in [0.29, 0.717) is 6.54 Å². The van der Waals surface area contributed by atoms with Gasteiger partial charge in [-0.3, -0.25) is 9.69 Å². The van der Waals surface area contributed by atoms with E-state index in [1.807, 2.05) is 6.07 Å². The van der Waals surface area contributed by atoms with Crippen molar-refractivity contribution in [3.8, 4) is 0 Å². The van der Waals surface area contributed by atoms with Crippen molar-refractivity contribution in [3.63, 3.8) is 0 Å². The van der Waals surface area contributed by atoms with Crippen LogP contribution in [0.15, 0.2) is 10.5 Å². The van der Waals surface area contributed by atoms with Gasteiger partial charge in [-0.05, 0) is 22.0 Å². The number of rotatable bonds is 3. The number of nitrogens with one attached hydrogen (secondary N) is 2. The molecule has 18 heavy (non-hydrogen) atoms. The molecule has 2 N–H and O–H groups in total. The van der Waals surface area contributed by atoms with E-state index < -0.39 is 0 Å². The Morgan fingerprint density at radius 2 is 2.56 bits per heavy atom. The van der Waals surface area contributed by atoms with E-state index >= 15 is 0 Å². The van der Waals surface area contributed by atoms with Crippen molar-refractivity contribution in [2.75, 3.05) is 26.7 Å². The zero-order valence-electron chi connectivity index (χ0n) is 10.0. The average molecular weight is 353 g/mol. The van der Waals surface area contributed by atoms with Gasteiger partial charge in [0.25, 0.3) is 0 Å². The van der Waals surface area contributed by atoms with E-state index in [-0.39, 0.29) is 11.9 Å². The highest BCUT2D eigenvalue weighted by Gasteiger charge is 2.28. The van der Waals surface area contributed by atoms with Gasteiger partial charge in [0.2, 0.25) is 5.91 Å². The highest BCUT2D eigenvalue weighted by atomic mass is 79.9. The van der Waals surface area contributed by atoms with Crippen LogP contribution >= 0.6 is 38.9 Å². The van der Waals surface area contributed by atoms with Gasteiger partial charge in [0, 0.05) is 42.6 Å². The number of hydrogen-bond donors (Lipinski definition) is 2. The number of hydrogen-bond acceptors (Lipinski definition) is 4. The van der Waals surface area contributed by atoms with Gasteiger partial charge < -0.3 is 10.6 Å². The Balaban J connectivity index is 2.07. The third-order valence-corrected chi connectivity index (χ3v) is 5.42. The minimum absolute atomic E-state index is 0.0592. The zero-order chi connectivity index (χ0) is 13.1. The van der Waals surface area contributed by atoms with Crippen LogP contribution in [0.5, 0.6) is 0 Å². The highest BCUT2D eigenvalue weighted by molar-refractivity contribution is 9.10. The molecule has 0 spiro atoms. The summed E-state index contributed by atoms with van der Waals surface area (Å²) in [4.78, 5) is 15.2. The predicted molar refractivity (Wildman–Crippen MR) is 78.2 cm³/mol. The Morgan fingerprint density at radius 3 is 3.17 bits per heavy atom. The molecule has 1 aromatic heterocycles. The van der Waals surface area contributed by atoms with E-state index in [4.69, 9.17) is 11.6 Å². The summed E-state index contributed by atoms with van der Waals surface area (Å²) in [5.41, 5.74) is 0. The number of carbonyl (C=O) groups excluding carboxylic acids is 1. The first-order chi connectivity index (χ1) is 8.61. The van der Waals surface area contributed by atoms with Crippen molar-refractivity contribution in [1.82, 2.24) is 15.5 Å². The second-order valence-corrected chi connectivity index (χ2v) is 6.73. The van der Waals surface area contributed by atoms with Crippen molar-refractivity contribution in [2.45, 2.75) is 12.6 Å². The Kier molecular flexibility index (Phi) is 5.03. The quantitative estimate of drug-likeness (QED) is 0.870. The molecule has 0 radical (unpaired) electrons. The molecule has 2 heterocycles. The molecule has 100 valence electrons. The molecule has 1 fully saturated rings. The second kappa shape index (κ2) is 6.34. The van der Waals surface area contributed by atoms with Gasteiger partial charge in [0.1, 0.15) is 10.4 Å². The van der Waals surface area contributed by atoms with Gasteiger partial charge in [-0.15, -0.1) is 11.3 Å². The predicted octanol–water partition coefficient (Wildman–Crippen LogP) is 1.68. The molecule has 0 bridgehead atoms. The fourth-order valence-electron chi connectivity index (χ4n) is 2.03. The summed E-state index contributed by atoms with van der Waals surface area (Å²) in [5.74, 6) is 0.0592. The fraction of sp³-hybridized carbons (Fsp3) is 0.545. The summed E-state index contributed by atoms with van der Waals surface area (Å²) >= 11 is 11.0. The van der Waals surface area contributed by atoms with Crippen LogP contribution in [0.2, 0.25) is 4.34 Å². The van der Waals surface area contributed by atoms with Gasteiger partial charge in [0.15, 0.2) is 0 Å². The number of amides is 1. The number of likely N-dealkylation sites (N-methyl/N-ethyl adjacent to an activating group) is 1. The smallest absolute Gasteiger partial charge is 0.238 e. The molecule has 1 aliphatic rings. The molecule has 2 rings (SSSR count). The number of thiophene rings is 1. The van der Waals surface area contributed by atoms with Crippen LogP contribution in [-0.4, -0.2) is 43.5 Å². The molecule has 7 heteroatoms. The Morgan fingerprint density at radius 1 is 1.78 bits per heavy atom. The SMILES string of the molecule is CNC(=O)C1CNCCN1Cc1cc(Br)c(Cl)s1. The highest BCUT2D eigenvalue weighted by Crippen LogP contribution is 2.32. The number of nitrogens with zero attached hydrogens (tertiary/aromatic N) is 1. The molecule has 4 nitrogen and oxygen atoms in total. The molecule has 1 amide bonds. The molecular formula is C11H15BrClN3OS. The normalized spacial score (nSPS) is 20.9. The molecule has 1 aromatic rings. The average Bonchev–Trinajstić information content (AvgIpc) is 2.68. The third kappa shape index (κ3) is 3.24. The van der Waals surface area contributed by atoms with Gasteiger partial charge in [0.05, 0.1) is 0 Å². The summed E-state index contributed by atoms with van der Waals surface area (Å²) in [6.45, 7) is 3.23. The molecule has 1 unspecified atom stereocenters.